The molecule has 2 fully saturated rings. The fourth-order valence-electron chi connectivity index (χ4n) is 3.88. The van der Waals surface area contributed by atoms with Gasteiger partial charge in [-0.15, -0.1) is 0 Å². The maximum atomic E-state index is 10.5. The van der Waals surface area contributed by atoms with Gasteiger partial charge >= 0.3 is 5.97 Å². The van der Waals surface area contributed by atoms with Crippen LogP contribution < -0.4 is 4.74 Å². The van der Waals surface area contributed by atoms with Crippen LogP contribution in [0.5, 0.6) is 5.75 Å². The number of ether oxygens (including phenoxy) is 2. The van der Waals surface area contributed by atoms with Crippen molar-refractivity contribution in [3.8, 4) is 5.75 Å². The summed E-state index contributed by atoms with van der Waals surface area (Å²) in [7, 11) is 0. The van der Waals surface area contributed by atoms with Gasteiger partial charge in [-0.2, -0.15) is 0 Å². The largest absolute Gasteiger partial charge is 0.493 e. The average Bonchev–Trinajstić information content (AvgIpc) is 3.18. The SMILES string of the molecule is O=C(O)CCCC=CC[C@H]1[C@@H](COc2ccccc2)[C@H]2CC[C@@H]1O2. The third-order valence-electron chi connectivity index (χ3n) is 5.11. The van der Waals surface area contributed by atoms with Gasteiger partial charge in [0.05, 0.1) is 18.8 Å². The summed E-state index contributed by atoms with van der Waals surface area (Å²) in [6, 6.07) is 9.95. The molecule has 2 bridgehead atoms. The Labute approximate surface area is 143 Å². The van der Waals surface area contributed by atoms with E-state index in [1.54, 1.807) is 0 Å². The summed E-state index contributed by atoms with van der Waals surface area (Å²) in [5.41, 5.74) is 0. The summed E-state index contributed by atoms with van der Waals surface area (Å²) in [5.74, 6) is 1.17. The van der Waals surface area contributed by atoms with Crippen LogP contribution in [-0.2, 0) is 9.53 Å². The normalized spacial score (nSPS) is 28.5. The van der Waals surface area contributed by atoms with Crippen molar-refractivity contribution in [1.29, 1.82) is 0 Å². The molecule has 24 heavy (non-hydrogen) atoms. The van der Waals surface area contributed by atoms with Gasteiger partial charge in [0.1, 0.15) is 5.75 Å². The second-order valence-electron chi connectivity index (χ2n) is 6.74. The highest BCUT2D eigenvalue weighted by Crippen LogP contribution is 2.45. The highest BCUT2D eigenvalue weighted by Gasteiger charge is 2.48. The number of rotatable bonds is 9. The number of hydrogen-bond donors (Lipinski definition) is 1. The van der Waals surface area contributed by atoms with E-state index in [-0.39, 0.29) is 6.42 Å². The van der Waals surface area contributed by atoms with Gasteiger partial charge in [-0.05, 0) is 50.2 Å². The molecule has 130 valence electrons. The molecule has 0 amide bonds. The van der Waals surface area contributed by atoms with Crippen molar-refractivity contribution in [3.05, 3.63) is 42.5 Å². The van der Waals surface area contributed by atoms with E-state index < -0.39 is 5.97 Å². The van der Waals surface area contributed by atoms with Crippen molar-refractivity contribution in [1.82, 2.24) is 0 Å². The third kappa shape index (κ3) is 4.38. The van der Waals surface area contributed by atoms with E-state index in [9.17, 15) is 4.79 Å². The number of hydrogen-bond acceptors (Lipinski definition) is 3. The number of carbonyl (C=O) groups is 1. The number of benzene rings is 1. The van der Waals surface area contributed by atoms with Crippen LogP contribution in [0, 0.1) is 11.8 Å². The summed E-state index contributed by atoms with van der Waals surface area (Å²) in [5, 5.41) is 8.65. The lowest BCUT2D eigenvalue weighted by Crippen LogP contribution is -2.31. The quantitative estimate of drug-likeness (QED) is 0.548. The molecule has 4 atom stereocenters. The van der Waals surface area contributed by atoms with Crippen LogP contribution in [0.1, 0.15) is 38.5 Å². The van der Waals surface area contributed by atoms with E-state index in [1.807, 2.05) is 30.3 Å². The van der Waals surface area contributed by atoms with Gasteiger partial charge in [-0.25, -0.2) is 0 Å². The van der Waals surface area contributed by atoms with E-state index in [0.29, 0.717) is 37.1 Å². The molecule has 2 aliphatic heterocycles. The second-order valence-corrected chi connectivity index (χ2v) is 6.74. The minimum Gasteiger partial charge on any atom is -0.493 e. The Morgan fingerprint density at radius 1 is 1.17 bits per heavy atom. The third-order valence-corrected chi connectivity index (χ3v) is 5.11. The first-order valence-corrected chi connectivity index (χ1v) is 8.94. The monoisotopic (exact) mass is 330 g/mol. The van der Waals surface area contributed by atoms with Gasteiger partial charge in [-0.3, -0.25) is 4.79 Å². The lowest BCUT2D eigenvalue weighted by atomic mass is 9.78. The van der Waals surface area contributed by atoms with Gasteiger partial charge in [0.15, 0.2) is 0 Å². The fraction of sp³-hybridized carbons (Fsp3) is 0.550. The lowest BCUT2D eigenvalue weighted by molar-refractivity contribution is -0.137. The summed E-state index contributed by atoms with van der Waals surface area (Å²) < 4.78 is 12.1. The molecule has 2 heterocycles. The molecule has 1 aromatic carbocycles. The predicted molar refractivity (Wildman–Crippen MR) is 92.1 cm³/mol. The molecular formula is C20H26O4. The van der Waals surface area contributed by atoms with Crippen LogP contribution in [0.3, 0.4) is 0 Å². The van der Waals surface area contributed by atoms with Gasteiger partial charge < -0.3 is 14.6 Å². The first kappa shape index (κ1) is 17.0. The number of aliphatic carboxylic acids is 1. The van der Waals surface area contributed by atoms with Crippen LogP contribution in [0.25, 0.3) is 0 Å². The Hall–Kier alpha value is -1.81. The molecule has 1 aromatic rings. The Balaban J connectivity index is 1.47. The number of para-hydroxylation sites is 1. The molecule has 1 N–H and O–H groups in total. The highest BCUT2D eigenvalue weighted by molar-refractivity contribution is 5.66. The van der Waals surface area contributed by atoms with Crippen LogP contribution >= 0.6 is 0 Å². The first-order valence-electron chi connectivity index (χ1n) is 8.94. The summed E-state index contributed by atoms with van der Waals surface area (Å²) >= 11 is 0. The zero-order valence-electron chi connectivity index (χ0n) is 14.0. The van der Waals surface area contributed by atoms with E-state index in [0.717, 1.165) is 31.4 Å². The zero-order valence-corrected chi connectivity index (χ0v) is 14.0. The highest BCUT2D eigenvalue weighted by atomic mass is 16.5. The van der Waals surface area contributed by atoms with Crippen molar-refractivity contribution < 1.29 is 19.4 Å². The first-order chi connectivity index (χ1) is 11.7. The molecule has 0 saturated carbocycles. The van der Waals surface area contributed by atoms with Crippen LogP contribution in [0.4, 0.5) is 0 Å². The standard InChI is InChI=1S/C20H26O4/c21-20(22)11-7-2-1-6-10-16-17(19-13-12-18(16)24-19)14-23-15-8-4-3-5-9-15/h1,3-6,8-9,16-19H,2,7,10-14H2,(H,21,22)/t16-,17+,18-,19+/m0/s1. The smallest absolute Gasteiger partial charge is 0.303 e. The van der Waals surface area contributed by atoms with Gasteiger partial charge in [0, 0.05) is 12.3 Å². The molecule has 0 aliphatic carbocycles. The van der Waals surface area contributed by atoms with E-state index >= 15 is 0 Å². The Bertz CT molecular complexity index is 554. The van der Waals surface area contributed by atoms with Crippen molar-refractivity contribution in [2.24, 2.45) is 11.8 Å². The minimum atomic E-state index is -0.719. The maximum Gasteiger partial charge on any atom is 0.303 e. The molecule has 3 rings (SSSR count). The predicted octanol–water partition coefficient (Wildman–Crippen LogP) is 4.06. The summed E-state index contributed by atoms with van der Waals surface area (Å²) in [6.07, 6.45) is 10.1. The van der Waals surface area contributed by atoms with Crippen LogP contribution in [0.2, 0.25) is 0 Å². The number of fused-ring (bicyclic) bond motifs is 2. The molecule has 4 nitrogen and oxygen atoms in total. The summed E-state index contributed by atoms with van der Waals surface area (Å²) in [6.45, 7) is 0.711. The zero-order chi connectivity index (χ0) is 16.8. The fourth-order valence-corrected chi connectivity index (χ4v) is 3.88. The summed E-state index contributed by atoms with van der Waals surface area (Å²) in [4.78, 5) is 10.5. The average molecular weight is 330 g/mol. The molecule has 2 saturated heterocycles. The van der Waals surface area contributed by atoms with Crippen LogP contribution in [0.15, 0.2) is 42.5 Å². The van der Waals surface area contributed by atoms with E-state index in [4.69, 9.17) is 14.6 Å². The van der Waals surface area contributed by atoms with E-state index in [2.05, 4.69) is 12.2 Å². The number of unbranched alkanes of at least 4 members (excludes halogenated alkanes) is 1. The lowest BCUT2D eigenvalue weighted by Gasteiger charge is -2.27. The molecule has 0 spiro atoms. The van der Waals surface area contributed by atoms with Crippen molar-refractivity contribution >= 4 is 5.97 Å². The maximum absolute atomic E-state index is 10.5. The van der Waals surface area contributed by atoms with Gasteiger partial charge in [-0.1, -0.05) is 30.4 Å². The molecule has 2 aliphatic rings. The van der Waals surface area contributed by atoms with Gasteiger partial charge in [0.25, 0.3) is 0 Å². The topological polar surface area (TPSA) is 55.8 Å². The molecule has 0 aromatic heterocycles. The minimum absolute atomic E-state index is 0.245. The molecule has 0 radical (unpaired) electrons. The second kappa shape index (κ2) is 8.34. The molecule has 0 unspecified atom stereocenters. The van der Waals surface area contributed by atoms with E-state index in [1.165, 1.54) is 0 Å². The van der Waals surface area contributed by atoms with Crippen molar-refractivity contribution in [3.63, 3.8) is 0 Å². The molecular weight excluding hydrogens is 304 g/mol. The van der Waals surface area contributed by atoms with Crippen LogP contribution in [-0.4, -0.2) is 29.9 Å². The van der Waals surface area contributed by atoms with Gasteiger partial charge in [0.2, 0.25) is 0 Å². The Kier molecular flexibility index (Phi) is 5.91. The number of carboxylic acids is 1. The number of allylic oxidation sites excluding steroid dienone is 2. The molecule has 4 heteroatoms. The Morgan fingerprint density at radius 3 is 2.67 bits per heavy atom. The number of carboxylic acid groups (broad SMARTS) is 1. The van der Waals surface area contributed by atoms with Crippen molar-refractivity contribution in [2.75, 3.05) is 6.61 Å². The Morgan fingerprint density at radius 2 is 1.92 bits per heavy atom. The van der Waals surface area contributed by atoms with Crippen molar-refractivity contribution in [2.45, 2.75) is 50.7 Å².